The maximum Gasteiger partial charge on any atom is 0.312 e. The van der Waals surface area contributed by atoms with Crippen molar-refractivity contribution < 1.29 is 74.1 Å². The average molecular weight is 1630 g/mol. The van der Waals surface area contributed by atoms with E-state index in [0.717, 1.165) is 178 Å². The van der Waals surface area contributed by atoms with Crippen LogP contribution >= 0.6 is 0 Å². The van der Waals surface area contributed by atoms with E-state index >= 15 is 0 Å². The van der Waals surface area contributed by atoms with Gasteiger partial charge in [-0.25, -0.2) is 0 Å². The molecule has 0 radical (unpaired) electrons. The van der Waals surface area contributed by atoms with Gasteiger partial charge in [-0.2, -0.15) is 0 Å². The number of methoxy groups -OCH3 is 1. The van der Waals surface area contributed by atoms with E-state index < -0.39 is 51.2 Å². The number of aliphatic hydroxyl groups excluding tert-OH is 8. The lowest BCUT2D eigenvalue weighted by molar-refractivity contribution is -0.254. The van der Waals surface area contributed by atoms with E-state index in [4.69, 9.17) is 23.7 Å². The lowest BCUT2D eigenvalue weighted by Crippen LogP contribution is -2.67. The predicted octanol–water partition coefficient (Wildman–Crippen LogP) is 18.9. The number of carbonyl (C=O) groups is 2. The molecule has 16 aliphatic rings. The molecule has 1 heterocycles. The number of rotatable bonds is 16. The number of esters is 2. The van der Waals surface area contributed by atoms with Gasteiger partial charge in [-0.1, -0.05) is 127 Å². The molecule has 0 aromatic carbocycles. The molecule has 15 saturated carbocycles. The van der Waals surface area contributed by atoms with Crippen LogP contribution in [0.1, 0.15) is 310 Å². The highest BCUT2D eigenvalue weighted by molar-refractivity contribution is 5.79. The van der Waals surface area contributed by atoms with Gasteiger partial charge in [0.25, 0.3) is 0 Å². The predicted molar refractivity (Wildman–Crippen MR) is 460 cm³/mol. The molecule has 0 aromatic heterocycles. The van der Waals surface area contributed by atoms with Gasteiger partial charge in [-0.05, 0) is 363 Å². The Balaban J connectivity index is 0.000000145. The minimum atomic E-state index is -0.627. The Kier molecular flexibility index (Phi) is 24.1. The molecule has 1 saturated heterocycles. The van der Waals surface area contributed by atoms with Crippen LogP contribution in [0.5, 0.6) is 0 Å². The first-order valence-corrected chi connectivity index (χ1v) is 47.7. The van der Waals surface area contributed by atoms with Crippen molar-refractivity contribution in [2.24, 2.45) is 176 Å². The van der Waals surface area contributed by atoms with E-state index in [-0.39, 0.29) is 130 Å². The molecular weight excluding hydrogens is 1470 g/mol. The second-order valence-electron chi connectivity index (χ2n) is 47.7. The SMILES string of the molecule is C=C(C)[C@@H]1CC[C@]2(C(=O)OCC(C)CO)CC[C@]3(C)C(CCC4[C@@]5(C)CC[C@H](O)[C@@](C)(CO)[C@@H]5CC[C@]43C)C12.C=C(C)[C@@H]1CC[C@]2(C(=O)OCC3COC(C)(C)O3)CC[C@]3(C)C(CCC4[C@@]5(C)CC[C@H](O)[C@@](C)(CO)[C@@H]5CC[C@]43C)C12.C=C(CO)[C@@H]1CC[C@]2(C(=C)OC)CC[C@]3(C)C(CCC4[C@@]5(C)CC[C@H](O)[C@@](C)(CO)[C@@H]5CC[C@]43C)C12. The maximum absolute atomic E-state index is 14.2. The van der Waals surface area contributed by atoms with Crippen LogP contribution in [0.25, 0.3) is 0 Å². The molecule has 11 unspecified atom stereocenters. The highest BCUT2D eigenvalue weighted by atomic mass is 16.7. The van der Waals surface area contributed by atoms with Gasteiger partial charge >= 0.3 is 11.9 Å². The monoisotopic (exact) mass is 1630 g/mol. The molecule has 15 heteroatoms. The summed E-state index contributed by atoms with van der Waals surface area (Å²) in [4.78, 5) is 28.1. The summed E-state index contributed by atoms with van der Waals surface area (Å²) in [6, 6.07) is 0. The summed E-state index contributed by atoms with van der Waals surface area (Å²) in [5.74, 6) is 6.43. The maximum atomic E-state index is 14.2. The Morgan fingerprint density at radius 1 is 0.410 bits per heavy atom. The van der Waals surface area contributed by atoms with Crippen molar-refractivity contribution in [2.75, 3.05) is 60.0 Å². The molecule has 8 N–H and O–H groups in total. The smallest absolute Gasteiger partial charge is 0.312 e. The van der Waals surface area contributed by atoms with Gasteiger partial charge in [0.05, 0.1) is 81.7 Å². The van der Waals surface area contributed by atoms with Crippen LogP contribution in [0.3, 0.4) is 0 Å². The van der Waals surface area contributed by atoms with Crippen molar-refractivity contribution in [3.05, 3.63) is 48.8 Å². The molecular formula is C102H166O15. The number of aliphatic hydroxyl groups is 8. The Bertz CT molecular complexity index is 3740. The van der Waals surface area contributed by atoms with Crippen LogP contribution in [0, 0.1) is 176 Å². The fourth-order valence-electron chi connectivity index (χ4n) is 36.5. The first-order valence-electron chi connectivity index (χ1n) is 47.7. The van der Waals surface area contributed by atoms with Gasteiger partial charge in [-0.15, -0.1) is 0 Å². The van der Waals surface area contributed by atoms with E-state index in [0.29, 0.717) is 90.1 Å². The van der Waals surface area contributed by atoms with Crippen LogP contribution in [-0.2, 0) is 33.3 Å². The molecule has 15 aliphatic carbocycles. The zero-order chi connectivity index (χ0) is 85.4. The minimum absolute atomic E-state index is 0.00356. The first kappa shape index (κ1) is 90.5. The van der Waals surface area contributed by atoms with Crippen LogP contribution in [0.4, 0.5) is 0 Å². The Hall–Kier alpha value is -2.70. The fraction of sp³-hybridized carbons (Fsp3) is 0.902. The van der Waals surface area contributed by atoms with Crippen LogP contribution in [0.15, 0.2) is 48.8 Å². The molecule has 0 bridgehead atoms. The Labute approximate surface area is 707 Å². The van der Waals surface area contributed by atoms with Crippen molar-refractivity contribution in [1.29, 1.82) is 0 Å². The van der Waals surface area contributed by atoms with Crippen molar-refractivity contribution in [2.45, 2.75) is 341 Å². The number of fused-ring (bicyclic) bond motifs is 21. The van der Waals surface area contributed by atoms with Crippen molar-refractivity contribution in [3.63, 3.8) is 0 Å². The summed E-state index contributed by atoms with van der Waals surface area (Å²) < 4.78 is 29.7. The average Bonchev–Trinajstić information content (AvgIpc) is 1.64. The minimum Gasteiger partial charge on any atom is -0.501 e. The van der Waals surface area contributed by atoms with Gasteiger partial charge in [-0.3, -0.25) is 9.59 Å². The zero-order valence-electron chi connectivity index (χ0n) is 76.7. The molecule has 35 atom stereocenters. The zero-order valence-corrected chi connectivity index (χ0v) is 76.7. The second-order valence-corrected chi connectivity index (χ2v) is 47.7. The summed E-state index contributed by atoms with van der Waals surface area (Å²) in [6.45, 7) is 58.5. The summed E-state index contributed by atoms with van der Waals surface area (Å²) in [5, 5.41) is 84.2. The van der Waals surface area contributed by atoms with Gasteiger partial charge in [0.15, 0.2) is 5.79 Å². The summed E-state index contributed by atoms with van der Waals surface area (Å²) >= 11 is 0. The third-order valence-electron chi connectivity index (χ3n) is 43.5. The molecule has 16 fully saturated rings. The number of ether oxygens (including phenoxy) is 5. The Morgan fingerprint density at radius 2 is 0.761 bits per heavy atom. The molecule has 117 heavy (non-hydrogen) atoms. The van der Waals surface area contributed by atoms with E-state index in [1.165, 1.54) is 36.8 Å². The van der Waals surface area contributed by atoms with E-state index in [2.05, 4.69) is 123 Å². The number of allylic oxidation sites excluding steroid dienone is 3. The lowest BCUT2D eigenvalue weighted by atomic mass is 9.32. The Morgan fingerprint density at radius 3 is 1.09 bits per heavy atom. The van der Waals surface area contributed by atoms with Crippen molar-refractivity contribution >= 4 is 11.9 Å². The van der Waals surface area contributed by atoms with Gasteiger partial charge in [0, 0.05) is 34.2 Å². The van der Waals surface area contributed by atoms with E-state index in [1.807, 2.05) is 20.8 Å². The van der Waals surface area contributed by atoms with Gasteiger partial charge in [0.1, 0.15) is 12.7 Å². The normalized spacial score (nSPS) is 52.8. The summed E-state index contributed by atoms with van der Waals surface area (Å²) in [5.41, 5.74) is 2.61. The second kappa shape index (κ2) is 31.1. The topological polar surface area (TPSA) is 242 Å². The van der Waals surface area contributed by atoms with Crippen LogP contribution in [-0.4, -0.2) is 143 Å². The van der Waals surface area contributed by atoms with Crippen molar-refractivity contribution in [1.82, 2.24) is 0 Å². The third kappa shape index (κ3) is 12.9. The van der Waals surface area contributed by atoms with E-state index in [9.17, 15) is 50.4 Å². The number of hydrogen-bond acceptors (Lipinski definition) is 15. The van der Waals surface area contributed by atoms with Gasteiger partial charge in [0.2, 0.25) is 0 Å². The molecule has 1 aliphatic heterocycles. The lowest BCUT2D eigenvalue weighted by Gasteiger charge is -2.73. The standard InChI is InChI=1S/C36H58O6.C34H56O5.C32H52O4/c1-22(2)24-11-16-36(30(39)40-19-23-20-41-31(3,4)42-23)18-17-34(7)25(29(24)36)9-10-27-32(5)14-13-28(38)33(6,21-37)26(32)12-15-35(27,34)8;1-21(2)23-10-15-34(29(38)39-19-22(3)18-35)17-16-32(6)24(28(23)34)8-9-26-30(4)13-12-27(37)31(5,20-36)25(30)11-14-33(26,32)7;1-20(18-33)22-10-15-32(21(2)36-7)17-16-30(5)23(27(22)32)8-9-25-28(3)13-12-26(35)29(4,19-34)24(28)11-14-31(25,30)6/h23-29,37-38H,1,9-21H2,2-8H3;22-28,35-37H,1,8-20H2,2-7H3;22-27,33-35H,1-2,8-19H2,3-7H3/t23?,24-,25?,26+,27?,28-,29?,32-,33-,34+,35+,36-;22?,23-,24?,25+,26?,27-,28?,30-,31-,32+,33+,34-;22-,23?,24+,25?,26-,27?,28-,29-,30+,31+,32+/m000/s1. The summed E-state index contributed by atoms with van der Waals surface area (Å²) in [6.07, 6.45) is 29.8. The molecule has 0 amide bonds. The first-order chi connectivity index (χ1) is 54.7. The number of hydrogen-bond donors (Lipinski definition) is 8. The molecule has 664 valence electrons. The highest BCUT2D eigenvalue weighted by Crippen LogP contribution is 2.83. The summed E-state index contributed by atoms with van der Waals surface area (Å²) in [7, 11) is 1.78. The quantitative estimate of drug-likeness (QED) is 0.0407. The van der Waals surface area contributed by atoms with Crippen molar-refractivity contribution in [3.8, 4) is 0 Å². The van der Waals surface area contributed by atoms with Crippen LogP contribution in [0.2, 0.25) is 0 Å². The molecule has 16 rings (SSSR count). The third-order valence-corrected chi connectivity index (χ3v) is 43.5. The molecule has 0 spiro atoms. The molecule has 15 nitrogen and oxygen atoms in total. The largest absolute Gasteiger partial charge is 0.501 e. The van der Waals surface area contributed by atoms with Gasteiger partial charge < -0.3 is 64.5 Å². The van der Waals surface area contributed by atoms with Crippen LogP contribution < -0.4 is 0 Å². The number of carbonyl (C=O) groups excluding carboxylic acids is 2. The fourth-order valence-corrected chi connectivity index (χ4v) is 36.5. The molecule has 0 aromatic rings. The highest BCUT2D eigenvalue weighted by Gasteiger charge is 2.77. The van der Waals surface area contributed by atoms with E-state index in [1.54, 1.807) is 7.11 Å².